The van der Waals surface area contributed by atoms with Gasteiger partial charge >= 0.3 is 0 Å². The fourth-order valence-electron chi connectivity index (χ4n) is 2.97. The van der Waals surface area contributed by atoms with E-state index in [4.69, 9.17) is 0 Å². The lowest BCUT2D eigenvalue weighted by atomic mass is 9.97. The fraction of sp³-hybridized carbons (Fsp3) is 0.611. The zero-order valence-corrected chi connectivity index (χ0v) is 15.8. The lowest BCUT2D eigenvalue weighted by Gasteiger charge is -2.34. The predicted octanol–water partition coefficient (Wildman–Crippen LogP) is 2.59. The summed E-state index contributed by atoms with van der Waals surface area (Å²) in [5.74, 6) is -0.0940. The number of piperazine rings is 1. The number of unbranched alkanes of at least 4 members (excludes halogenated alkanes) is 1. The van der Waals surface area contributed by atoms with Crippen LogP contribution >= 0.6 is 0 Å². The van der Waals surface area contributed by atoms with Crippen LogP contribution in [0.15, 0.2) is 24.3 Å². The molecule has 0 aliphatic carbocycles. The van der Waals surface area contributed by atoms with Gasteiger partial charge in [-0.15, -0.1) is 0 Å². The molecule has 1 aromatic carbocycles. The third-order valence-corrected chi connectivity index (χ3v) is 6.62. The number of benzene rings is 1. The monoisotopic (exact) mass is 370 g/mol. The molecule has 0 spiro atoms. The summed E-state index contributed by atoms with van der Waals surface area (Å²) in [7, 11) is -3.20. The van der Waals surface area contributed by atoms with Gasteiger partial charge in [-0.3, -0.25) is 4.79 Å². The van der Waals surface area contributed by atoms with Crippen LogP contribution < -0.4 is 0 Å². The molecule has 7 heteroatoms. The molecule has 0 radical (unpaired) electrons. The van der Waals surface area contributed by atoms with E-state index in [0.717, 1.165) is 12.0 Å². The number of carbonyl (C=O) groups excluding carboxylic acids is 1. The van der Waals surface area contributed by atoms with Crippen molar-refractivity contribution in [3.05, 3.63) is 35.6 Å². The van der Waals surface area contributed by atoms with Gasteiger partial charge in [0, 0.05) is 32.6 Å². The van der Waals surface area contributed by atoms with Crippen LogP contribution in [0.25, 0.3) is 0 Å². The molecule has 1 aromatic rings. The Balaban J connectivity index is 1.85. The van der Waals surface area contributed by atoms with Crippen LogP contribution in [-0.2, 0) is 14.8 Å². The summed E-state index contributed by atoms with van der Waals surface area (Å²) in [6.07, 6.45) is 1.85. The van der Waals surface area contributed by atoms with E-state index < -0.39 is 10.0 Å². The topological polar surface area (TPSA) is 57.7 Å². The second kappa shape index (κ2) is 8.76. The molecule has 1 amide bonds. The highest BCUT2D eigenvalue weighted by Gasteiger charge is 2.28. The van der Waals surface area contributed by atoms with Crippen molar-refractivity contribution >= 4 is 15.9 Å². The summed E-state index contributed by atoms with van der Waals surface area (Å²) < 4.78 is 38.9. The van der Waals surface area contributed by atoms with Crippen molar-refractivity contribution in [3.8, 4) is 0 Å². The zero-order chi connectivity index (χ0) is 18.4. The quantitative estimate of drug-likeness (QED) is 0.741. The molecule has 1 aliphatic rings. The maximum atomic E-state index is 13.0. The number of nitrogens with zero attached hydrogens (tertiary/aromatic N) is 2. The molecule has 1 fully saturated rings. The maximum Gasteiger partial charge on any atom is 0.223 e. The lowest BCUT2D eigenvalue weighted by Crippen LogP contribution is -2.51. The third kappa shape index (κ3) is 5.51. The number of rotatable bonds is 7. The summed E-state index contributed by atoms with van der Waals surface area (Å²) in [5, 5.41) is 0. The van der Waals surface area contributed by atoms with E-state index >= 15 is 0 Å². The first-order chi connectivity index (χ1) is 11.8. The highest BCUT2D eigenvalue weighted by atomic mass is 32.2. The van der Waals surface area contributed by atoms with E-state index in [-0.39, 0.29) is 23.4 Å². The van der Waals surface area contributed by atoms with Crippen molar-refractivity contribution in [2.24, 2.45) is 0 Å². The number of hydrogen-bond donors (Lipinski definition) is 0. The van der Waals surface area contributed by atoms with Gasteiger partial charge in [0.1, 0.15) is 5.82 Å². The molecule has 1 saturated heterocycles. The van der Waals surface area contributed by atoms with Crippen molar-refractivity contribution in [3.63, 3.8) is 0 Å². The fourth-order valence-corrected chi connectivity index (χ4v) is 4.60. The summed E-state index contributed by atoms with van der Waals surface area (Å²) >= 11 is 0. The Morgan fingerprint density at radius 3 is 2.32 bits per heavy atom. The summed E-state index contributed by atoms with van der Waals surface area (Å²) in [4.78, 5) is 14.2. The normalized spacial score (nSPS) is 17.5. The van der Waals surface area contributed by atoms with Crippen LogP contribution in [0.5, 0.6) is 0 Å². The Morgan fingerprint density at radius 2 is 1.76 bits per heavy atom. The smallest absolute Gasteiger partial charge is 0.223 e. The van der Waals surface area contributed by atoms with Crippen LogP contribution in [0, 0.1) is 5.82 Å². The Morgan fingerprint density at radius 1 is 1.16 bits per heavy atom. The van der Waals surface area contributed by atoms with E-state index in [9.17, 15) is 17.6 Å². The molecule has 1 aliphatic heterocycles. The van der Waals surface area contributed by atoms with Gasteiger partial charge in [-0.1, -0.05) is 32.4 Å². The molecule has 0 saturated carbocycles. The minimum absolute atomic E-state index is 0.000540. The van der Waals surface area contributed by atoms with Crippen molar-refractivity contribution in [1.29, 1.82) is 0 Å². The Hall–Kier alpha value is -1.47. The van der Waals surface area contributed by atoms with E-state index in [1.165, 1.54) is 16.4 Å². The van der Waals surface area contributed by atoms with E-state index in [1.54, 1.807) is 17.0 Å². The van der Waals surface area contributed by atoms with E-state index in [0.29, 0.717) is 39.0 Å². The molecular formula is C18H27FN2O3S. The molecule has 0 aromatic heterocycles. The van der Waals surface area contributed by atoms with Crippen molar-refractivity contribution < 1.29 is 17.6 Å². The molecule has 140 valence electrons. The summed E-state index contributed by atoms with van der Waals surface area (Å²) in [6, 6.07) is 6.20. The number of amides is 1. The van der Waals surface area contributed by atoms with Gasteiger partial charge in [-0.25, -0.2) is 12.8 Å². The van der Waals surface area contributed by atoms with Gasteiger partial charge < -0.3 is 4.90 Å². The Labute approximate surface area is 149 Å². The molecule has 2 rings (SSSR count). The Bertz CT molecular complexity index is 668. The lowest BCUT2D eigenvalue weighted by molar-refractivity contribution is -0.132. The molecule has 0 bridgehead atoms. The number of halogens is 1. The average Bonchev–Trinajstić information content (AvgIpc) is 2.60. The van der Waals surface area contributed by atoms with Gasteiger partial charge in [0.2, 0.25) is 15.9 Å². The first-order valence-electron chi connectivity index (χ1n) is 8.84. The van der Waals surface area contributed by atoms with Gasteiger partial charge in [0.05, 0.1) is 5.75 Å². The molecule has 1 heterocycles. The summed E-state index contributed by atoms with van der Waals surface area (Å²) in [5.41, 5.74) is 0.926. The van der Waals surface area contributed by atoms with E-state index in [1.807, 2.05) is 13.8 Å². The minimum Gasteiger partial charge on any atom is -0.340 e. The van der Waals surface area contributed by atoms with Gasteiger partial charge in [-0.2, -0.15) is 4.31 Å². The third-order valence-electron chi connectivity index (χ3n) is 4.66. The van der Waals surface area contributed by atoms with Crippen molar-refractivity contribution in [1.82, 2.24) is 9.21 Å². The zero-order valence-electron chi connectivity index (χ0n) is 14.9. The summed E-state index contributed by atoms with van der Waals surface area (Å²) in [6.45, 7) is 5.50. The number of hydrogen-bond acceptors (Lipinski definition) is 3. The van der Waals surface area contributed by atoms with Gasteiger partial charge in [-0.05, 0) is 30.0 Å². The predicted molar refractivity (Wildman–Crippen MR) is 96.3 cm³/mol. The first-order valence-corrected chi connectivity index (χ1v) is 10.5. The first kappa shape index (κ1) is 19.8. The highest BCUT2D eigenvalue weighted by Crippen LogP contribution is 2.21. The van der Waals surface area contributed by atoms with Gasteiger partial charge in [0.25, 0.3) is 0 Å². The van der Waals surface area contributed by atoms with Crippen molar-refractivity contribution in [2.45, 2.75) is 39.0 Å². The van der Waals surface area contributed by atoms with Crippen molar-refractivity contribution in [2.75, 3.05) is 31.9 Å². The number of carbonyl (C=O) groups is 1. The number of sulfonamides is 1. The molecule has 1 atom stereocenters. The molecule has 25 heavy (non-hydrogen) atoms. The van der Waals surface area contributed by atoms with E-state index in [2.05, 4.69) is 0 Å². The largest absolute Gasteiger partial charge is 0.340 e. The maximum absolute atomic E-state index is 13.0. The molecular weight excluding hydrogens is 343 g/mol. The van der Waals surface area contributed by atoms with Crippen LogP contribution in [0.4, 0.5) is 4.39 Å². The average molecular weight is 370 g/mol. The minimum atomic E-state index is -3.20. The highest BCUT2D eigenvalue weighted by molar-refractivity contribution is 7.89. The Kier molecular flexibility index (Phi) is 6.95. The van der Waals surface area contributed by atoms with Crippen LogP contribution in [-0.4, -0.2) is 55.5 Å². The molecule has 0 N–H and O–H groups in total. The van der Waals surface area contributed by atoms with Crippen LogP contribution in [0.1, 0.15) is 44.6 Å². The second-order valence-corrected chi connectivity index (χ2v) is 8.69. The molecule has 1 unspecified atom stereocenters. The SMILES string of the molecule is CCCCS(=O)(=O)N1CCN(C(=O)CC(C)c2ccc(F)cc2)CC1. The molecule has 5 nitrogen and oxygen atoms in total. The van der Waals surface area contributed by atoms with Gasteiger partial charge in [0.15, 0.2) is 0 Å². The van der Waals surface area contributed by atoms with Crippen LogP contribution in [0.3, 0.4) is 0 Å². The standard InChI is InChI=1S/C18H27FN2O3S/c1-3-4-13-25(23,24)21-11-9-20(10-12-21)18(22)14-15(2)16-5-7-17(19)8-6-16/h5-8,15H,3-4,9-14H2,1-2H3. The van der Waals surface area contributed by atoms with Crippen LogP contribution in [0.2, 0.25) is 0 Å². The second-order valence-electron chi connectivity index (χ2n) is 6.61.